The lowest BCUT2D eigenvalue weighted by atomic mass is 10.2. The third-order valence-corrected chi connectivity index (χ3v) is 4.27. The summed E-state index contributed by atoms with van der Waals surface area (Å²) < 4.78 is 30.8. The Morgan fingerprint density at radius 3 is 2.56 bits per heavy atom. The van der Waals surface area contributed by atoms with Crippen LogP contribution in [0.25, 0.3) is 0 Å². The van der Waals surface area contributed by atoms with Gasteiger partial charge in [0.15, 0.2) is 29.0 Å². The summed E-state index contributed by atoms with van der Waals surface area (Å²) in [7, 11) is 3.25. The Balaban J connectivity index is 0.00000363. The van der Waals surface area contributed by atoms with Gasteiger partial charge < -0.3 is 24.8 Å². The van der Waals surface area contributed by atoms with Crippen LogP contribution in [0.3, 0.4) is 0 Å². The Hall–Kier alpha value is -3.08. The van der Waals surface area contributed by atoms with Gasteiger partial charge in [-0.25, -0.2) is 4.39 Å². The summed E-state index contributed by atoms with van der Waals surface area (Å²) in [6, 6.07) is 13.8. The van der Waals surface area contributed by atoms with Crippen LogP contribution in [0, 0.1) is 5.82 Å². The number of hydrogen-bond acceptors (Lipinski definition) is 5. The number of benzene rings is 2. The molecule has 2 N–H and O–H groups in total. The fourth-order valence-corrected chi connectivity index (χ4v) is 2.79. The van der Waals surface area contributed by atoms with Crippen LogP contribution in [0.4, 0.5) is 10.1 Å². The Morgan fingerprint density at radius 2 is 1.91 bits per heavy atom. The number of guanidine groups is 1. The van der Waals surface area contributed by atoms with Gasteiger partial charge in [0.05, 0.1) is 19.9 Å². The van der Waals surface area contributed by atoms with Crippen molar-refractivity contribution in [3.05, 3.63) is 72.3 Å². The standard InChI is InChI=1S/C23H25FN4O3.HI/c1-4-30-21-10-8-17(13-22(21)29-3)28-23(25-2)27-14-16-7-9-20(19(24)12-16)31-18-6-5-11-26-15-18;/h5-13,15H,4,14H2,1-3H3,(H2,25,27,28);1H. The molecule has 0 bridgehead atoms. The number of aliphatic imine (C=N–C) groups is 1. The van der Waals surface area contributed by atoms with Crippen LogP contribution in [-0.4, -0.2) is 31.7 Å². The van der Waals surface area contributed by atoms with Crippen molar-refractivity contribution in [3.63, 3.8) is 0 Å². The molecule has 0 fully saturated rings. The van der Waals surface area contributed by atoms with Gasteiger partial charge in [0.25, 0.3) is 0 Å². The van der Waals surface area contributed by atoms with Crippen LogP contribution in [-0.2, 0) is 6.54 Å². The molecule has 0 amide bonds. The van der Waals surface area contributed by atoms with E-state index in [4.69, 9.17) is 14.2 Å². The lowest BCUT2D eigenvalue weighted by molar-refractivity contribution is 0.311. The summed E-state index contributed by atoms with van der Waals surface area (Å²) in [5.74, 6) is 1.98. The molecule has 0 aliphatic carbocycles. The monoisotopic (exact) mass is 552 g/mol. The SMILES string of the molecule is CCOc1ccc(NC(=NC)NCc2ccc(Oc3cccnc3)c(F)c2)cc1OC.I. The molecule has 0 unspecified atom stereocenters. The summed E-state index contributed by atoms with van der Waals surface area (Å²) in [6.07, 6.45) is 3.16. The fourth-order valence-electron chi connectivity index (χ4n) is 2.79. The van der Waals surface area contributed by atoms with Gasteiger partial charge in [0.2, 0.25) is 0 Å². The van der Waals surface area contributed by atoms with Gasteiger partial charge in [-0.3, -0.25) is 9.98 Å². The first kappa shape index (κ1) is 25.2. The van der Waals surface area contributed by atoms with E-state index in [1.165, 1.54) is 12.3 Å². The predicted molar refractivity (Wildman–Crippen MR) is 134 cm³/mol. The molecule has 2 aromatic carbocycles. The third kappa shape index (κ3) is 6.98. The summed E-state index contributed by atoms with van der Waals surface area (Å²) in [5.41, 5.74) is 1.52. The average molecular weight is 552 g/mol. The molecule has 0 atom stereocenters. The number of hydrogen-bond donors (Lipinski definition) is 2. The summed E-state index contributed by atoms with van der Waals surface area (Å²) >= 11 is 0. The summed E-state index contributed by atoms with van der Waals surface area (Å²) in [4.78, 5) is 8.16. The zero-order valence-corrected chi connectivity index (χ0v) is 20.4. The van der Waals surface area contributed by atoms with Crippen molar-refractivity contribution in [2.45, 2.75) is 13.5 Å². The van der Waals surface area contributed by atoms with Gasteiger partial charge >= 0.3 is 0 Å². The average Bonchev–Trinajstić information content (AvgIpc) is 2.80. The zero-order chi connectivity index (χ0) is 22.1. The van der Waals surface area contributed by atoms with Gasteiger partial charge in [-0.2, -0.15) is 0 Å². The van der Waals surface area contributed by atoms with Crippen molar-refractivity contribution in [1.82, 2.24) is 10.3 Å². The summed E-state index contributed by atoms with van der Waals surface area (Å²) in [5, 5.41) is 6.34. The number of ether oxygens (including phenoxy) is 3. The third-order valence-electron chi connectivity index (χ3n) is 4.27. The van der Waals surface area contributed by atoms with Crippen molar-refractivity contribution < 1.29 is 18.6 Å². The van der Waals surface area contributed by atoms with E-state index in [2.05, 4.69) is 20.6 Å². The molecule has 0 aliphatic heterocycles. The molecule has 3 rings (SSSR count). The molecule has 0 radical (unpaired) electrons. The highest BCUT2D eigenvalue weighted by Crippen LogP contribution is 2.30. The second-order valence-corrected chi connectivity index (χ2v) is 6.40. The van der Waals surface area contributed by atoms with Gasteiger partial charge in [-0.05, 0) is 48.9 Å². The number of rotatable bonds is 8. The molecule has 3 aromatic rings. The molecule has 1 heterocycles. The number of nitrogens with zero attached hydrogens (tertiary/aromatic N) is 2. The number of methoxy groups -OCH3 is 1. The van der Waals surface area contributed by atoms with Crippen molar-refractivity contribution in [2.75, 3.05) is 26.1 Å². The number of halogens is 2. The van der Waals surface area contributed by atoms with Crippen LogP contribution in [0.2, 0.25) is 0 Å². The first-order valence-corrected chi connectivity index (χ1v) is 9.77. The lowest BCUT2D eigenvalue weighted by Crippen LogP contribution is -2.30. The topological polar surface area (TPSA) is 77.0 Å². The van der Waals surface area contributed by atoms with Crippen LogP contribution in [0.15, 0.2) is 65.9 Å². The molecule has 9 heteroatoms. The minimum atomic E-state index is -0.456. The minimum Gasteiger partial charge on any atom is -0.493 e. The molecule has 7 nitrogen and oxygen atoms in total. The molecule has 0 aliphatic rings. The van der Waals surface area contributed by atoms with E-state index in [-0.39, 0.29) is 29.7 Å². The number of anilines is 1. The first-order valence-electron chi connectivity index (χ1n) is 9.77. The molecule has 0 spiro atoms. The maximum atomic E-state index is 14.4. The van der Waals surface area contributed by atoms with Crippen molar-refractivity contribution in [3.8, 4) is 23.0 Å². The van der Waals surface area contributed by atoms with Crippen LogP contribution < -0.4 is 24.8 Å². The van der Waals surface area contributed by atoms with Crippen molar-refractivity contribution in [2.24, 2.45) is 4.99 Å². The van der Waals surface area contributed by atoms with Crippen molar-refractivity contribution in [1.29, 1.82) is 0 Å². The van der Waals surface area contributed by atoms with E-state index in [0.29, 0.717) is 36.4 Å². The van der Waals surface area contributed by atoms with Gasteiger partial charge in [0, 0.05) is 31.5 Å². The largest absolute Gasteiger partial charge is 0.493 e. The minimum absolute atomic E-state index is 0. The predicted octanol–water partition coefficient (Wildman–Crippen LogP) is 5.23. The van der Waals surface area contributed by atoms with E-state index in [1.807, 2.05) is 25.1 Å². The highest BCUT2D eigenvalue weighted by atomic mass is 127. The van der Waals surface area contributed by atoms with E-state index in [9.17, 15) is 4.39 Å². The molecule has 170 valence electrons. The fraction of sp³-hybridized carbons (Fsp3) is 0.217. The van der Waals surface area contributed by atoms with Gasteiger partial charge in [0.1, 0.15) is 5.75 Å². The number of nitrogens with one attached hydrogen (secondary N) is 2. The molecule has 0 saturated heterocycles. The quantitative estimate of drug-likeness (QED) is 0.227. The van der Waals surface area contributed by atoms with E-state index < -0.39 is 5.82 Å². The number of pyridine rings is 1. The second kappa shape index (κ2) is 12.7. The Morgan fingerprint density at radius 1 is 1.09 bits per heavy atom. The molecular weight excluding hydrogens is 526 g/mol. The number of aromatic nitrogens is 1. The van der Waals surface area contributed by atoms with Gasteiger partial charge in [-0.15, -0.1) is 24.0 Å². The first-order chi connectivity index (χ1) is 15.1. The van der Waals surface area contributed by atoms with E-state index in [0.717, 1.165) is 11.3 Å². The maximum absolute atomic E-state index is 14.4. The lowest BCUT2D eigenvalue weighted by Gasteiger charge is -2.15. The van der Waals surface area contributed by atoms with Crippen molar-refractivity contribution >= 4 is 35.6 Å². The smallest absolute Gasteiger partial charge is 0.195 e. The Kier molecular flexibility index (Phi) is 9.99. The van der Waals surface area contributed by atoms with Crippen LogP contribution in [0.1, 0.15) is 12.5 Å². The normalized spacial score (nSPS) is 10.7. The molecule has 0 saturated carbocycles. The molecule has 1 aromatic heterocycles. The molecule has 32 heavy (non-hydrogen) atoms. The second-order valence-electron chi connectivity index (χ2n) is 6.40. The Bertz CT molecular complexity index is 1040. The summed E-state index contributed by atoms with van der Waals surface area (Å²) in [6.45, 7) is 2.84. The zero-order valence-electron chi connectivity index (χ0n) is 18.1. The van der Waals surface area contributed by atoms with Crippen LogP contribution >= 0.6 is 24.0 Å². The van der Waals surface area contributed by atoms with E-state index in [1.54, 1.807) is 44.6 Å². The Labute approximate surface area is 204 Å². The highest BCUT2D eigenvalue weighted by molar-refractivity contribution is 14.0. The van der Waals surface area contributed by atoms with Gasteiger partial charge in [-0.1, -0.05) is 6.07 Å². The van der Waals surface area contributed by atoms with Crippen LogP contribution in [0.5, 0.6) is 23.0 Å². The molecular formula is C23H26FIN4O3. The maximum Gasteiger partial charge on any atom is 0.195 e. The van der Waals surface area contributed by atoms with E-state index >= 15 is 0 Å². The highest BCUT2D eigenvalue weighted by Gasteiger charge is 2.09.